The third-order valence-corrected chi connectivity index (χ3v) is 4.54. The molecule has 1 aromatic carbocycles. The minimum absolute atomic E-state index is 0.0400. The van der Waals surface area contributed by atoms with Crippen LogP contribution >= 0.6 is 0 Å². The Balaban J connectivity index is 1.69. The Bertz CT molecular complexity index is 711. The molecule has 3 rings (SSSR count). The van der Waals surface area contributed by atoms with E-state index < -0.39 is 5.97 Å². The van der Waals surface area contributed by atoms with Gasteiger partial charge in [-0.05, 0) is 49.9 Å². The van der Waals surface area contributed by atoms with E-state index in [2.05, 4.69) is 10.3 Å². The van der Waals surface area contributed by atoms with Crippen LogP contribution in [0.25, 0.3) is 11.3 Å². The molecular weight excluding hydrogens is 308 g/mol. The summed E-state index contributed by atoms with van der Waals surface area (Å²) in [7, 11) is 1.82. The van der Waals surface area contributed by atoms with Crippen molar-refractivity contribution in [3.05, 3.63) is 30.0 Å². The number of carboxylic acids is 1. The number of ether oxygens (including phenoxy) is 1. The lowest BCUT2D eigenvalue weighted by Crippen LogP contribution is -2.29. The number of aromatic nitrogens is 3. The summed E-state index contributed by atoms with van der Waals surface area (Å²) >= 11 is 0. The van der Waals surface area contributed by atoms with Crippen LogP contribution in [0.15, 0.2) is 24.3 Å². The van der Waals surface area contributed by atoms with Gasteiger partial charge in [0.05, 0.1) is 17.7 Å². The number of nitrogens with two attached hydrogens (primary N) is 1. The smallest absolute Gasteiger partial charge is 0.306 e. The van der Waals surface area contributed by atoms with Crippen molar-refractivity contribution in [2.75, 3.05) is 0 Å². The highest BCUT2D eigenvalue weighted by Gasteiger charge is 2.28. The van der Waals surface area contributed by atoms with Crippen LogP contribution in [0.3, 0.4) is 0 Å². The van der Waals surface area contributed by atoms with E-state index in [1.165, 1.54) is 0 Å². The fourth-order valence-electron chi connectivity index (χ4n) is 3.19. The van der Waals surface area contributed by atoms with Gasteiger partial charge in [0.1, 0.15) is 11.4 Å². The molecule has 1 heterocycles. The van der Waals surface area contributed by atoms with E-state index >= 15 is 0 Å². The predicted octanol–water partition coefficient (Wildman–Crippen LogP) is 1.96. The quantitative estimate of drug-likeness (QED) is 0.868. The highest BCUT2D eigenvalue weighted by molar-refractivity contribution is 5.70. The SMILES string of the molecule is Cn1nnc(-c2ccc(OC3CCCC(C(=O)O)C3)cc2)c1CN. The maximum Gasteiger partial charge on any atom is 0.306 e. The summed E-state index contributed by atoms with van der Waals surface area (Å²) in [5.41, 5.74) is 8.33. The van der Waals surface area contributed by atoms with Crippen molar-refractivity contribution >= 4 is 5.97 Å². The van der Waals surface area contributed by atoms with E-state index in [1.54, 1.807) is 4.68 Å². The molecule has 24 heavy (non-hydrogen) atoms. The fourth-order valence-corrected chi connectivity index (χ4v) is 3.19. The largest absolute Gasteiger partial charge is 0.490 e. The van der Waals surface area contributed by atoms with Crippen molar-refractivity contribution in [2.45, 2.75) is 38.3 Å². The van der Waals surface area contributed by atoms with Crippen molar-refractivity contribution in [2.24, 2.45) is 18.7 Å². The summed E-state index contributed by atoms with van der Waals surface area (Å²) in [6.07, 6.45) is 3.05. The van der Waals surface area contributed by atoms with Crippen LogP contribution in [-0.4, -0.2) is 32.2 Å². The molecule has 0 amide bonds. The lowest BCUT2D eigenvalue weighted by atomic mass is 9.87. The Morgan fingerprint density at radius 3 is 2.79 bits per heavy atom. The molecule has 0 spiro atoms. The van der Waals surface area contributed by atoms with Crippen molar-refractivity contribution in [1.29, 1.82) is 0 Å². The van der Waals surface area contributed by atoms with E-state index in [0.717, 1.165) is 42.0 Å². The van der Waals surface area contributed by atoms with Crippen LogP contribution in [0.1, 0.15) is 31.4 Å². The topological polar surface area (TPSA) is 103 Å². The first-order valence-corrected chi connectivity index (χ1v) is 8.17. The third-order valence-electron chi connectivity index (χ3n) is 4.54. The highest BCUT2D eigenvalue weighted by atomic mass is 16.5. The average Bonchev–Trinajstić information content (AvgIpc) is 2.96. The molecule has 7 nitrogen and oxygen atoms in total. The Labute approximate surface area is 140 Å². The van der Waals surface area contributed by atoms with Crippen molar-refractivity contribution in [3.8, 4) is 17.0 Å². The minimum Gasteiger partial charge on any atom is -0.490 e. The molecule has 7 heteroatoms. The molecule has 1 aromatic heterocycles. The number of nitrogens with zero attached hydrogens (tertiary/aromatic N) is 3. The van der Waals surface area contributed by atoms with Crippen LogP contribution in [-0.2, 0) is 18.4 Å². The molecule has 0 bridgehead atoms. The monoisotopic (exact) mass is 330 g/mol. The lowest BCUT2D eigenvalue weighted by molar-refractivity contribution is -0.143. The molecule has 2 unspecified atom stereocenters. The second-order valence-corrected chi connectivity index (χ2v) is 6.18. The van der Waals surface area contributed by atoms with Gasteiger partial charge in [0.25, 0.3) is 0 Å². The normalized spacial score (nSPS) is 20.8. The standard InChI is InChI=1S/C17H22N4O3/c1-21-15(10-18)16(19-20-21)11-5-7-13(8-6-11)24-14-4-2-3-12(9-14)17(22)23/h5-8,12,14H,2-4,9-10,18H2,1H3,(H,22,23). The number of rotatable bonds is 5. The highest BCUT2D eigenvalue weighted by Crippen LogP contribution is 2.29. The van der Waals surface area contributed by atoms with E-state index in [4.69, 9.17) is 15.6 Å². The van der Waals surface area contributed by atoms with Gasteiger partial charge in [0.15, 0.2) is 0 Å². The summed E-state index contributed by atoms with van der Waals surface area (Å²) in [6.45, 7) is 0.371. The first-order chi connectivity index (χ1) is 11.6. The molecule has 2 aromatic rings. The zero-order valence-corrected chi connectivity index (χ0v) is 13.7. The number of aryl methyl sites for hydroxylation is 1. The Morgan fingerprint density at radius 1 is 1.38 bits per heavy atom. The second-order valence-electron chi connectivity index (χ2n) is 6.18. The number of carboxylic acid groups (broad SMARTS) is 1. The molecule has 1 aliphatic rings. The maximum atomic E-state index is 11.1. The van der Waals surface area contributed by atoms with Gasteiger partial charge < -0.3 is 15.6 Å². The van der Waals surface area contributed by atoms with E-state index in [0.29, 0.717) is 13.0 Å². The van der Waals surface area contributed by atoms with Crippen LogP contribution < -0.4 is 10.5 Å². The molecule has 1 aliphatic carbocycles. The number of aliphatic carboxylic acids is 1. The molecule has 0 saturated heterocycles. The Morgan fingerprint density at radius 2 is 2.12 bits per heavy atom. The Hall–Kier alpha value is -2.41. The summed E-state index contributed by atoms with van der Waals surface area (Å²) in [4.78, 5) is 11.1. The van der Waals surface area contributed by atoms with Crippen LogP contribution in [0.4, 0.5) is 0 Å². The molecule has 1 saturated carbocycles. The van der Waals surface area contributed by atoms with Gasteiger partial charge in [-0.2, -0.15) is 0 Å². The number of hydrogen-bond donors (Lipinski definition) is 2. The maximum absolute atomic E-state index is 11.1. The third kappa shape index (κ3) is 3.41. The number of hydrogen-bond acceptors (Lipinski definition) is 5. The zero-order chi connectivity index (χ0) is 17.1. The van der Waals surface area contributed by atoms with Gasteiger partial charge in [0, 0.05) is 19.2 Å². The number of benzene rings is 1. The molecule has 1 fully saturated rings. The van der Waals surface area contributed by atoms with Crippen LogP contribution in [0, 0.1) is 5.92 Å². The summed E-state index contributed by atoms with van der Waals surface area (Å²) in [6, 6.07) is 7.62. The van der Waals surface area contributed by atoms with Crippen molar-refractivity contribution in [1.82, 2.24) is 15.0 Å². The summed E-state index contributed by atoms with van der Waals surface area (Å²) < 4.78 is 7.63. The summed E-state index contributed by atoms with van der Waals surface area (Å²) in [5.74, 6) is -0.279. The minimum atomic E-state index is -0.726. The molecule has 0 radical (unpaired) electrons. The lowest BCUT2D eigenvalue weighted by Gasteiger charge is -2.27. The zero-order valence-electron chi connectivity index (χ0n) is 13.7. The van der Waals surface area contributed by atoms with E-state index in [-0.39, 0.29) is 12.0 Å². The molecule has 2 atom stereocenters. The second kappa shape index (κ2) is 7.00. The van der Waals surface area contributed by atoms with E-state index in [1.807, 2.05) is 31.3 Å². The van der Waals surface area contributed by atoms with Gasteiger partial charge in [0.2, 0.25) is 0 Å². The van der Waals surface area contributed by atoms with Crippen molar-refractivity contribution < 1.29 is 14.6 Å². The van der Waals surface area contributed by atoms with Crippen LogP contribution in [0.2, 0.25) is 0 Å². The average molecular weight is 330 g/mol. The van der Waals surface area contributed by atoms with E-state index in [9.17, 15) is 4.79 Å². The Kier molecular flexibility index (Phi) is 4.80. The van der Waals surface area contributed by atoms with Gasteiger partial charge in [-0.15, -0.1) is 5.10 Å². The van der Waals surface area contributed by atoms with Gasteiger partial charge >= 0.3 is 5.97 Å². The van der Waals surface area contributed by atoms with Gasteiger partial charge in [-0.3, -0.25) is 9.48 Å². The molecular formula is C17H22N4O3. The first kappa shape index (κ1) is 16.4. The summed E-state index contributed by atoms with van der Waals surface area (Å²) in [5, 5.41) is 17.3. The van der Waals surface area contributed by atoms with Crippen LogP contribution in [0.5, 0.6) is 5.75 Å². The molecule has 3 N–H and O–H groups in total. The van der Waals surface area contributed by atoms with Gasteiger partial charge in [-0.25, -0.2) is 0 Å². The number of carbonyl (C=O) groups is 1. The molecule has 128 valence electrons. The predicted molar refractivity (Wildman–Crippen MR) is 88.3 cm³/mol. The first-order valence-electron chi connectivity index (χ1n) is 8.17. The van der Waals surface area contributed by atoms with Crippen molar-refractivity contribution in [3.63, 3.8) is 0 Å². The van der Waals surface area contributed by atoms with Gasteiger partial charge in [-0.1, -0.05) is 5.21 Å². The molecule has 0 aliphatic heterocycles. The fraction of sp³-hybridized carbons (Fsp3) is 0.471.